The topological polar surface area (TPSA) is 26.3 Å². The second kappa shape index (κ2) is 4.03. The standard InChI is InChI=1S/C10H11FO2/c1-3-7-4-8(6-12)10(13-2)9(11)5-7/h4-6H,3H2,1-2H3. The van der Waals surface area contributed by atoms with Crippen molar-refractivity contribution >= 4 is 6.29 Å². The molecular weight excluding hydrogens is 171 g/mol. The Labute approximate surface area is 76.3 Å². The zero-order valence-corrected chi connectivity index (χ0v) is 7.63. The van der Waals surface area contributed by atoms with Crippen molar-refractivity contribution in [1.82, 2.24) is 0 Å². The average Bonchev–Trinajstić information content (AvgIpc) is 2.16. The highest BCUT2D eigenvalue weighted by Gasteiger charge is 2.09. The molecule has 0 aromatic heterocycles. The second-order valence-corrected chi connectivity index (χ2v) is 2.67. The summed E-state index contributed by atoms with van der Waals surface area (Å²) in [4.78, 5) is 10.6. The third kappa shape index (κ3) is 1.86. The maximum Gasteiger partial charge on any atom is 0.166 e. The molecular formula is C10H11FO2. The number of aryl methyl sites for hydroxylation is 1. The number of ether oxygens (including phenoxy) is 1. The van der Waals surface area contributed by atoms with E-state index in [1.807, 2.05) is 6.92 Å². The van der Waals surface area contributed by atoms with Gasteiger partial charge in [0.25, 0.3) is 0 Å². The molecule has 0 radical (unpaired) electrons. The van der Waals surface area contributed by atoms with Gasteiger partial charge in [-0.25, -0.2) is 4.39 Å². The molecule has 0 unspecified atom stereocenters. The summed E-state index contributed by atoms with van der Waals surface area (Å²) in [6.07, 6.45) is 1.29. The average molecular weight is 182 g/mol. The lowest BCUT2D eigenvalue weighted by molar-refractivity contribution is 0.111. The van der Waals surface area contributed by atoms with E-state index >= 15 is 0 Å². The van der Waals surface area contributed by atoms with Crippen LogP contribution in [0.1, 0.15) is 22.8 Å². The van der Waals surface area contributed by atoms with Crippen LogP contribution < -0.4 is 4.74 Å². The molecule has 0 aliphatic rings. The summed E-state index contributed by atoms with van der Waals surface area (Å²) < 4.78 is 18.0. The first kappa shape index (κ1) is 9.71. The molecule has 1 aromatic carbocycles. The number of hydrogen-bond acceptors (Lipinski definition) is 2. The molecule has 0 atom stereocenters. The molecule has 0 fully saturated rings. The fourth-order valence-electron chi connectivity index (χ4n) is 1.18. The van der Waals surface area contributed by atoms with Gasteiger partial charge in [0.15, 0.2) is 17.9 Å². The summed E-state index contributed by atoms with van der Waals surface area (Å²) in [5, 5.41) is 0. The van der Waals surface area contributed by atoms with Crippen molar-refractivity contribution in [3.8, 4) is 5.75 Å². The van der Waals surface area contributed by atoms with Crippen LogP contribution in [0.3, 0.4) is 0 Å². The molecule has 0 aliphatic heterocycles. The number of halogens is 1. The van der Waals surface area contributed by atoms with Gasteiger partial charge in [-0.3, -0.25) is 4.79 Å². The lowest BCUT2D eigenvalue weighted by atomic mass is 10.1. The quantitative estimate of drug-likeness (QED) is 0.670. The third-order valence-electron chi connectivity index (χ3n) is 1.87. The Bertz CT molecular complexity index is 321. The summed E-state index contributed by atoms with van der Waals surface area (Å²) in [5.41, 5.74) is 1.06. The van der Waals surface area contributed by atoms with E-state index in [-0.39, 0.29) is 11.3 Å². The van der Waals surface area contributed by atoms with Gasteiger partial charge >= 0.3 is 0 Å². The monoisotopic (exact) mass is 182 g/mol. The normalized spacial score (nSPS) is 9.77. The molecule has 0 N–H and O–H groups in total. The highest BCUT2D eigenvalue weighted by atomic mass is 19.1. The third-order valence-corrected chi connectivity index (χ3v) is 1.87. The van der Waals surface area contributed by atoms with Crippen molar-refractivity contribution in [3.05, 3.63) is 29.1 Å². The Morgan fingerprint density at radius 2 is 2.23 bits per heavy atom. The summed E-state index contributed by atoms with van der Waals surface area (Å²) in [6, 6.07) is 3.01. The van der Waals surface area contributed by atoms with Crippen molar-refractivity contribution in [2.24, 2.45) is 0 Å². The maximum absolute atomic E-state index is 13.2. The molecule has 1 aromatic rings. The minimum absolute atomic E-state index is 0.0206. The molecule has 70 valence electrons. The molecule has 0 bridgehead atoms. The van der Waals surface area contributed by atoms with E-state index in [2.05, 4.69) is 0 Å². The fraction of sp³-hybridized carbons (Fsp3) is 0.300. The molecule has 13 heavy (non-hydrogen) atoms. The summed E-state index contributed by atoms with van der Waals surface area (Å²) >= 11 is 0. The number of rotatable bonds is 3. The minimum Gasteiger partial charge on any atom is -0.493 e. The van der Waals surface area contributed by atoms with Crippen molar-refractivity contribution in [3.63, 3.8) is 0 Å². The first-order chi connectivity index (χ1) is 6.22. The Morgan fingerprint density at radius 1 is 1.54 bits per heavy atom. The van der Waals surface area contributed by atoms with E-state index in [9.17, 15) is 9.18 Å². The van der Waals surface area contributed by atoms with Crippen LogP contribution in [0.2, 0.25) is 0 Å². The zero-order chi connectivity index (χ0) is 9.84. The molecule has 2 nitrogen and oxygen atoms in total. The molecule has 0 aliphatic carbocycles. The van der Waals surface area contributed by atoms with Crippen LogP contribution >= 0.6 is 0 Å². The number of aldehydes is 1. The Balaban J connectivity index is 3.28. The Kier molecular flexibility index (Phi) is 3.01. The Hall–Kier alpha value is -1.38. The van der Waals surface area contributed by atoms with E-state index in [1.54, 1.807) is 6.07 Å². The van der Waals surface area contributed by atoms with Gasteiger partial charge in [0, 0.05) is 0 Å². The first-order valence-corrected chi connectivity index (χ1v) is 4.04. The van der Waals surface area contributed by atoms with E-state index < -0.39 is 5.82 Å². The van der Waals surface area contributed by atoms with Crippen molar-refractivity contribution in [2.45, 2.75) is 13.3 Å². The fourth-order valence-corrected chi connectivity index (χ4v) is 1.18. The van der Waals surface area contributed by atoms with Crippen LogP contribution in [0.25, 0.3) is 0 Å². The lowest BCUT2D eigenvalue weighted by Gasteiger charge is -2.06. The van der Waals surface area contributed by atoms with Crippen LogP contribution in [0.5, 0.6) is 5.75 Å². The smallest absolute Gasteiger partial charge is 0.166 e. The summed E-state index contributed by atoms with van der Waals surface area (Å²) in [5.74, 6) is -0.462. The predicted molar refractivity (Wildman–Crippen MR) is 47.7 cm³/mol. The van der Waals surface area contributed by atoms with Crippen LogP contribution in [0, 0.1) is 5.82 Å². The molecule has 3 heteroatoms. The number of benzene rings is 1. The molecule has 0 saturated carbocycles. The highest BCUT2D eigenvalue weighted by molar-refractivity contribution is 5.79. The SMILES string of the molecule is CCc1cc(F)c(OC)c(C=O)c1. The number of carbonyl (C=O) groups excluding carboxylic acids is 1. The van der Waals surface area contributed by atoms with Crippen LogP contribution in [0.4, 0.5) is 4.39 Å². The van der Waals surface area contributed by atoms with Gasteiger partial charge in [-0.15, -0.1) is 0 Å². The van der Waals surface area contributed by atoms with Gasteiger partial charge in [-0.1, -0.05) is 6.92 Å². The zero-order valence-electron chi connectivity index (χ0n) is 7.63. The van der Waals surface area contributed by atoms with Crippen molar-refractivity contribution in [2.75, 3.05) is 7.11 Å². The summed E-state index contributed by atoms with van der Waals surface area (Å²) in [7, 11) is 1.34. The molecule has 0 heterocycles. The van der Waals surface area contributed by atoms with Crippen LogP contribution in [-0.2, 0) is 6.42 Å². The summed E-state index contributed by atoms with van der Waals surface area (Å²) in [6.45, 7) is 1.90. The van der Waals surface area contributed by atoms with E-state index in [1.165, 1.54) is 13.2 Å². The lowest BCUT2D eigenvalue weighted by Crippen LogP contribution is -1.96. The second-order valence-electron chi connectivity index (χ2n) is 2.67. The van der Waals surface area contributed by atoms with Gasteiger partial charge in [-0.05, 0) is 24.1 Å². The van der Waals surface area contributed by atoms with E-state index in [4.69, 9.17) is 4.74 Å². The van der Waals surface area contributed by atoms with Gasteiger partial charge in [0.05, 0.1) is 12.7 Å². The van der Waals surface area contributed by atoms with Gasteiger partial charge in [0.1, 0.15) is 0 Å². The number of carbonyl (C=O) groups is 1. The Morgan fingerprint density at radius 3 is 2.69 bits per heavy atom. The van der Waals surface area contributed by atoms with Crippen molar-refractivity contribution in [1.29, 1.82) is 0 Å². The minimum atomic E-state index is -0.482. The van der Waals surface area contributed by atoms with Gasteiger partial charge in [0.2, 0.25) is 0 Å². The largest absolute Gasteiger partial charge is 0.493 e. The van der Waals surface area contributed by atoms with Gasteiger partial charge < -0.3 is 4.74 Å². The molecule has 1 rings (SSSR count). The van der Waals surface area contributed by atoms with Gasteiger partial charge in [-0.2, -0.15) is 0 Å². The molecule has 0 spiro atoms. The highest BCUT2D eigenvalue weighted by Crippen LogP contribution is 2.23. The van der Waals surface area contributed by atoms with E-state index in [0.29, 0.717) is 12.7 Å². The number of methoxy groups -OCH3 is 1. The molecule has 0 saturated heterocycles. The van der Waals surface area contributed by atoms with E-state index in [0.717, 1.165) is 5.56 Å². The molecule has 0 amide bonds. The van der Waals surface area contributed by atoms with Crippen LogP contribution in [0.15, 0.2) is 12.1 Å². The maximum atomic E-state index is 13.2. The van der Waals surface area contributed by atoms with Crippen LogP contribution in [-0.4, -0.2) is 13.4 Å². The first-order valence-electron chi connectivity index (χ1n) is 4.04. The predicted octanol–water partition coefficient (Wildman–Crippen LogP) is 2.21. The van der Waals surface area contributed by atoms with Crippen molar-refractivity contribution < 1.29 is 13.9 Å². The number of hydrogen-bond donors (Lipinski definition) is 0.